The second-order valence-electron chi connectivity index (χ2n) is 8.64. The van der Waals surface area contributed by atoms with Gasteiger partial charge in [-0.1, -0.05) is 11.8 Å². The molecule has 0 amide bonds. The highest BCUT2D eigenvalue weighted by atomic mass is 32.2. The van der Waals surface area contributed by atoms with Crippen LogP contribution in [0.3, 0.4) is 0 Å². The van der Waals surface area contributed by atoms with E-state index < -0.39 is 44.6 Å². The largest absolute Gasteiger partial charge is 0.376 e. The zero-order chi connectivity index (χ0) is 24.7. The summed E-state index contributed by atoms with van der Waals surface area (Å²) in [6, 6.07) is 4.85. The average molecular weight is 530 g/mol. The number of nitrogens with zero attached hydrogens (tertiary/aromatic N) is 3. The SMILES string of the molecule is O=S(=O)(c1ccc2c(c1)nc(SCc1c(F)c(F)cc(F)c1F)n2C[C@@H]1CCCO1)N1CCCC1. The van der Waals surface area contributed by atoms with Crippen LogP contribution < -0.4 is 0 Å². The standard InChI is InChI=1S/C23H23F4N3O3S2/c24-17-11-18(25)22(27)16(21(17)26)13-34-23-28-19-10-15(35(31,32)29-7-1-2-8-29)5-6-20(19)30(23)12-14-4-3-9-33-14/h5-6,10-11,14H,1-4,7-9,12-13H2/t14-/m0/s1. The van der Waals surface area contributed by atoms with E-state index in [2.05, 4.69) is 4.98 Å². The summed E-state index contributed by atoms with van der Waals surface area (Å²) in [5.74, 6) is -6.23. The van der Waals surface area contributed by atoms with Crippen molar-refractivity contribution < 1.29 is 30.7 Å². The van der Waals surface area contributed by atoms with E-state index in [1.165, 1.54) is 16.4 Å². The summed E-state index contributed by atoms with van der Waals surface area (Å²) >= 11 is 0.917. The second kappa shape index (κ2) is 9.72. The first-order chi connectivity index (χ1) is 16.8. The first kappa shape index (κ1) is 24.5. The number of fused-ring (bicyclic) bond motifs is 1. The number of thioether (sulfide) groups is 1. The molecule has 2 aromatic carbocycles. The molecular formula is C23H23F4N3O3S2. The maximum absolute atomic E-state index is 14.2. The van der Waals surface area contributed by atoms with Gasteiger partial charge in [0.1, 0.15) is 0 Å². The van der Waals surface area contributed by atoms with Crippen molar-refractivity contribution in [2.75, 3.05) is 19.7 Å². The van der Waals surface area contributed by atoms with Crippen LogP contribution in [0.5, 0.6) is 0 Å². The van der Waals surface area contributed by atoms with E-state index in [9.17, 15) is 26.0 Å². The van der Waals surface area contributed by atoms with Crippen molar-refractivity contribution in [1.82, 2.24) is 13.9 Å². The van der Waals surface area contributed by atoms with Gasteiger partial charge in [0.15, 0.2) is 28.4 Å². The number of halogens is 4. The van der Waals surface area contributed by atoms with E-state index in [0.29, 0.717) is 42.4 Å². The number of hydrogen-bond acceptors (Lipinski definition) is 5. The third-order valence-electron chi connectivity index (χ3n) is 6.35. The fourth-order valence-electron chi connectivity index (χ4n) is 4.49. The van der Waals surface area contributed by atoms with Crippen molar-refractivity contribution in [2.24, 2.45) is 0 Å². The van der Waals surface area contributed by atoms with Gasteiger partial charge in [-0.2, -0.15) is 4.31 Å². The molecule has 0 aliphatic carbocycles. The molecule has 35 heavy (non-hydrogen) atoms. The molecule has 2 saturated heterocycles. The van der Waals surface area contributed by atoms with Crippen LogP contribution in [0, 0.1) is 23.3 Å². The van der Waals surface area contributed by atoms with Crippen molar-refractivity contribution in [1.29, 1.82) is 0 Å². The van der Waals surface area contributed by atoms with Crippen LogP contribution in [-0.4, -0.2) is 48.1 Å². The third-order valence-corrected chi connectivity index (χ3v) is 9.24. The lowest BCUT2D eigenvalue weighted by atomic mass is 10.2. The van der Waals surface area contributed by atoms with Crippen LogP contribution in [0.25, 0.3) is 11.0 Å². The monoisotopic (exact) mass is 529 g/mol. The van der Waals surface area contributed by atoms with Crippen LogP contribution in [0.15, 0.2) is 34.3 Å². The Bertz CT molecular complexity index is 1340. The van der Waals surface area contributed by atoms with E-state index in [4.69, 9.17) is 4.74 Å². The molecule has 0 N–H and O–H groups in total. The van der Waals surface area contributed by atoms with Crippen LogP contribution in [-0.2, 0) is 27.1 Å². The normalized spacial score (nSPS) is 19.3. The molecule has 3 aromatic rings. The minimum atomic E-state index is -3.66. The van der Waals surface area contributed by atoms with Gasteiger partial charge in [0.05, 0.1) is 28.6 Å². The highest BCUT2D eigenvalue weighted by molar-refractivity contribution is 7.98. The van der Waals surface area contributed by atoms with Gasteiger partial charge < -0.3 is 9.30 Å². The number of imidazole rings is 1. The number of aromatic nitrogens is 2. The number of rotatable bonds is 7. The summed E-state index contributed by atoms with van der Waals surface area (Å²) in [5, 5.41) is 0.342. The number of ether oxygens (including phenoxy) is 1. The van der Waals surface area contributed by atoms with E-state index in [0.717, 1.165) is 37.4 Å². The first-order valence-electron chi connectivity index (χ1n) is 11.3. The lowest BCUT2D eigenvalue weighted by Crippen LogP contribution is -2.27. The van der Waals surface area contributed by atoms with Crippen LogP contribution in [0.1, 0.15) is 31.2 Å². The predicted molar refractivity (Wildman–Crippen MR) is 123 cm³/mol. The fraction of sp³-hybridized carbons (Fsp3) is 0.435. The molecule has 0 saturated carbocycles. The third kappa shape index (κ3) is 4.68. The molecule has 2 aliphatic heterocycles. The van der Waals surface area contributed by atoms with Gasteiger partial charge in [-0.05, 0) is 43.9 Å². The molecule has 1 aromatic heterocycles. The molecule has 188 valence electrons. The minimum absolute atomic E-state index is 0.0974. The van der Waals surface area contributed by atoms with Crippen LogP contribution in [0.2, 0.25) is 0 Å². The van der Waals surface area contributed by atoms with Gasteiger partial charge in [-0.25, -0.2) is 31.0 Å². The predicted octanol–water partition coefficient (Wildman–Crippen LogP) is 4.85. The lowest BCUT2D eigenvalue weighted by molar-refractivity contribution is 0.0960. The zero-order valence-corrected chi connectivity index (χ0v) is 20.3. The Hall–Kier alpha value is -2.15. The highest BCUT2D eigenvalue weighted by Gasteiger charge is 2.29. The minimum Gasteiger partial charge on any atom is -0.376 e. The number of sulfonamides is 1. The Balaban J connectivity index is 1.51. The van der Waals surface area contributed by atoms with Crippen molar-refractivity contribution in [3.8, 4) is 0 Å². The molecule has 0 bridgehead atoms. The first-order valence-corrected chi connectivity index (χ1v) is 13.7. The van der Waals surface area contributed by atoms with Gasteiger partial charge in [0.25, 0.3) is 0 Å². The van der Waals surface area contributed by atoms with E-state index in [1.54, 1.807) is 10.6 Å². The van der Waals surface area contributed by atoms with Crippen molar-refractivity contribution in [3.63, 3.8) is 0 Å². The summed E-state index contributed by atoms with van der Waals surface area (Å²) in [7, 11) is -3.66. The molecule has 0 unspecified atom stereocenters. The maximum atomic E-state index is 14.2. The van der Waals surface area contributed by atoms with Gasteiger partial charge in [-0.15, -0.1) is 0 Å². The van der Waals surface area contributed by atoms with Crippen LogP contribution >= 0.6 is 11.8 Å². The fourth-order valence-corrected chi connectivity index (χ4v) is 7.05. The van der Waals surface area contributed by atoms with Gasteiger partial charge in [-0.3, -0.25) is 0 Å². The van der Waals surface area contributed by atoms with Gasteiger partial charge in [0.2, 0.25) is 10.0 Å². The lowest BCUT2D eigenvalue weighted by Gasteiger charge is -2.16. The molecule has 3 heterocycles. The second-order valence-corrected chi connectivity index (χ2v) is 11.5. The smallest absolute Gasteiger partial charge is 0.243 e. The van der Waals surface area contributed by atoms with Gasteiger partial charge in [0, 0.05) is 37.1 Å². The van der Waals surface area contributed by atoms with Crippen LogP contribution in [0.4, 0.5) is 17.6 Å². The van der Waals surface area contributed by atoms with E-state index in [-0.39, 0.29) is 17.1 Å². The molecule has 0 radical (unpaired) electrons. The van der Waals surface area contributed by atoms with Crippen molar-refractivity contribution in [3.05, 3.63) is 53.1 Å². The molecular weight excluding hydrogens is 506 g/mol. The molecule has 5 rings (SSSR count). The average Bonchev–Trinajstić information content (AvgIpc) is 3.60. The molecule has 2 fully saturated rings. The molecule has 0 spiro atoms. The maximum Gasteiger partial charge on any atom is 0.243 e. The summed E-state index contributed by atoms with van der Waals surface area (Å²) < 4.78 is 90.7. The van der Waals surface area contributed by atoms with Crippen molar-refractivity contribution >= 4 is 32.8 Å². The molecule has 1 atom stereocenters. The Morgan fingerprint density at radius 3 is 2.40 bits per heavy atom. The molecule has 6 nitrogen and oxygen atoms in total. The van der Waals surface area contributed by atoms with E-state index >= 15 is 0 Å². The molecule has 12 heteroatoms. The topological polar surface area (TPSA) is 64.4 Å². The Morgan fingerprint density at radius 2 is 1.74 bits per heavy atom. The molecule has 2 aliphatic rings. The summed E-state index contributed by atoms with van der Waals surface area (Å²) in [6.45, 7) is 1.96. The quantitative estimate of drug-likeness (QED) is 0.249. The Morgan fingerprint density at radius 1 is 1.03 bits per heavy atom. The highest BCUT2D eigenvalue weighted by Crippen LogP contribution is 2.33. The zero-order valence-electron chi connectivity index (χ0n) is 18.6. The summed E-state index contributed by atoms with van der Waals surface area (Å²) in [4.78, 5) is 4.65. The Kier molecular flexibility index (Phi) is 6.81. The van der Waals surface area contributed by atoms with Gasteiger partial charge >= 0.3 is 0 Å². The Labute approximate surface area is 204 Å². The number of benzene rings is 2. The number of hydrogen-bond donors (Lipinski definition) is 0. The van der Waals surface area contributed by atoms with Crippen molar-refractivity contribution in [2.45, 2.75) is 54.1 Å². The summed E-state index contributed by atoms with van der Waals surface area (Å²) in [5.41, 5.74) is 0.312. The summed E-state index contributed by atoms with van der Waals surface area (Å²) in [6.07, 6.45) is 3.25. The van der Waals surface area contributed by atoms with E-state index in [1.807, 2.05) is 0 Å².